The quantitative estimate of drug-likeness (QED) is 0.552. The summed E-state index contributed by atoms with van der Waals surface area (Å²) < 4.78 is 0. The molecule has 0 radical (unpaired) electrons. The minimum Gasteiger partial charge on any atom is -0.337 e. The topological polar surface area (TPSA) is 53.5 Å². The van der Waals surface area contributed by atoms with Gasteiger partial charge in [0.25, 0.3) is 11.8 Å². The van der Waals surface area contributed by atoms with E-state index in [1.54, 1.807) is 48.8 Å². The number of anilines is 1. The molecule has 4 rings (SSSR count). The molecule has 30 heavy (non-hydrogen) atoms. The summed E-state index contributed by atoms with van der Waals surface area (Å²) in [5, 5.41) is 0.571. The van der Waals surface area contributed by atoms with Gasteiger partial charge in [-0.25, -0.2) is 0 Å². The summed E-state index contributed by atoms with van der Waals surface area (Å²) in [6, 6.07) is 20.2. The van der Waals surface area contributed by atoms with Crippen LogP contribution >= 0.6 is 11.6 Å². The molecule has 2 aromatic carbocycles. The Labute approximate surface area is 180 Å². The lowest BCUT2D eigenvalue weighted by molar-refractivity contribution is -0.137. The van der Waals surface area contributed by atoms with Crippen LogP contribution in [0.1, 0.15) is 18.1 Å². The molecule has 0 fully saturated rings. The Balaban J connectivity index is 1.82. The van der Waals surface area contributed by atoms with E-state index in [1.165, 1.54) is 4.90 Å². The molecule has 5 nitrogen and oxygen atoms in total. The fraction of sp³-hybridized carbons (Fsp3) is 0.125. The van der Waals surface area contributed by atoms with Gasteiger partial charge in [0.1, 0.15) is 5.70 Å². The zero-order valence-corrected chi connectivity index (χ0v) is 17.2. The Morgan fingerprint density at radius 2 is 1.57 bits per heavy atom. The first kappa shape index (κ1) is 19.9. The van der Waals surface area contributed by atoms with Crippen molar-refractivity contribution in [2.24, 2.45) is 0 Å². The summed E-state index contributed by atoms with van der Waals surface area (Å²) in [6.45, 7) is 2.69. The Hall–Kier alpha value is -3.44. The van der Waals surface area contributed by atoms with Gasteiger partial charge in [0, 0.05) is 29.6 Å². The normalized spacial score (nSPS) is 13.9. The largest absolute Gasteiger partial charge is 0.337 e. The molecular weight excluding hydrogens is 398 g/mol. The molecule has 0 aliphatic carbocycles. The first-order valence-corrected chi connectivity index (χ1v) is 10.1. The number of rotatable bonds is 6. The van der Waals surface area contributed by atoms with E-state index in [2.05, 4.69) is 4.98 Å². The molecule has 0 N–H and O–H groups in total. The van der Waals surface area contributed by atoms with Crippen molar-refractivity contribution in [2.45, 2.75) is 13.5 Å². The second kappa shape index (κ2) is 8.51. The highest BCUT2D eigenvalue weighted by atomic mass is 35.5. The van der Waals surface area contributed by atoms with Crippen LogP contribution in [0.4, 0.5) is 5.69 Å². The molecule has 0 atom stereocenters. The minimum atomic E-state index is -0.316. The molecule has 6 heteroatoms. The van der Waals surface area contributed by atoms with Crippen LogP contribution in [0, 0.1) is 0 Å². The SMILES string of the molecule is CCN(C1=C(c2ccc(Cl)cc2)C(=O)N(Cc2ccncc2)C1=O)c1ccccc1. The Bertz CT molecular complexity index is 1100. The zero-order chi connectivity index (χ0) is 21.1. The van der Waals surface area contributed by atoms with Gasteiger partial charge in [0.15, 0.2) is 0 Å². The number of halogens is 1. The van der Waals surface area contributed by atoms with E-state index in [0.29, 0.717) is 28.4 Å². The van der Waals surface area contributed by atoms with Crippen LogP contribution in [0.25, 0.3) is 5.57 Å². The van der Waals surface area contributed by atoms with Crippen LogP contribution in [0.5, 0.6) is 0 Å². The van der Waals surface area contributed by atoms with Gasteiger partial charge in [-0.1, -0.05) is 41.9 Å². The number of carbonyl (C=O) groups excluding carboxylic acids is 2. The molecule has 2 heterocycles. The van der Waals surface area contributed by atoms with Crippen molar-refractivity contribution < 1.29 is 9.59 Å². The monoisotopic (exact) mass is 417 g/mol. The van der Waals surface area contributed by atoms with E-state index < -0.39 is 0 Å². The van der Waals surface area contributed by atoms with Gasteiger partial charge in [0.2, 0.25) is 0 Å². The van der Waals surface area contributed by atoms with Crippen molar-refractivity contribution in [3.05, 3.63) is 101 Å². The Kier molecular flexibility index (Phi) is 5.63. The fourth-order valence-corrected chi connectivity index (χ4v) is 3.71. The average molecular weight is 418 g/mol. The van der Waals surface area contributed by atoms with Crippen molar-refractivity contribution in [3.8, 4) is 0 Å². The summed E-state index contributed by atoms with van der Waals surface area (Å²) in [5.74, 6) is -0.629. The molecule has 1 aromatic heterocycles. The fourth-order valence-electron chi connectivity index (χ4n) is 3.58. The van der Waals surface area contributed by atoms with Crippen LogP contribution in [0.3, 0.4) is 0 Å². The lowest BCUT2D eigenvalue weighted by atomic mass is 10.0. The van der Waals surface area contributed by atoms with Gasteiger partial charge in [-0.2, -0.15) is 0 Å². The Morgan fingerprint density at radius 3 is 2.20 bits per heavy atom. The molecule has 150 valence electrons. The molecule has 0 unspecified atom stereocenters. The second-order valence-electron chi connectivity index (χ2n) is 6.86. The third kappa shape index (κ3) is 3.72. The number of aromatic nitrogens is 1. The number of likely N-dealkylation sites (N-methyl/N-ethyl adjacent to an activating group) is 1. The Morgan fingerprint density at radius 1 is 0.900 bits per heavy atom. The summed E-state index contributed by atoms with van der Waals surface area (Å²) in [5.41, 5.74) is 3.13. The molecule has 0 saturated heterocycles. The van der Waals surface area contributed by atoms with E-state index in [-0.39, 0.29) is 18.4 Å². The second-order valence-corrected chi connectivity index (χ2v) is 7.30. The summed E-state index contributed by atoms with van der Waals surface area (Å²) in [6.07, 6.45) is 3.30. The standard InChI is InChI=1S/C24H20ClN3O2/c1-2-27(20-6-4-3-5-7-20)22-21(18-8-10-19(25)11-9-18)23(29)28(24(22)30)16-17-12-14-26-15-13-17/h3-15H,2,16H2,1H3. The third-order valence-electron chi connectivity index (χ3n) is 5.02. The van der Waals surface area contributed by atoms with Crippen molar-refractivity contribution in [2.75, 3.05) is 11.4 Å². The predicted octanol–water partition coefficient (Wildman–Crippen LogP) is 4.54. The zero-order valence-electron chi connectivity index (χ0n) is 16.5. The van der Waals surface area contributed by atoms with E-state index in [0.717, 1.165) is 11.3 Å². The lowest BCUT2D eigenvalue weighted by Crippen LogP contribution is -2.34. The maximum atomic E-state index is 13.5. The molecule has 1 aliphatic heterocycles. The van der Waals surface area contributed by atoms with E-state index in [9.17, 15) is 9.59 Å². The van der Waals surface area contributed by atoms with Gasteiger partial charge >= 0.3 is 0 Å². The van der Waals surface area contributed by atoms with Crippen molar-refractivity contribution >= 4 is 34.7 Å². The van der Waals surface area contributed by atoms with Crippen LogP contribution in [-0.4, -0.2) is 28.2 Å². The predicted molar refractivity (Wildman–Crippen MR) is 118 cm³/mol. The van der Waals surface area contributed by atoms with Crippen molar-refractivity contribution in [1.82, 2.24) is 9.88 Å². The van der Waals surface area contributed by atoms with Crippen molar-refractivity contribution in [3.63, 3.8) is 0 Å². The highest BCUT2D eigenvalue weighted by Crippen LogP contribution is 2.35. The number of hydrogen-bond donors (Lipinski definition) is 0. The van der Waals surface area contributed by atoms with Gasteiger partial charge in [0.05, 0.1) is 12.1 Å². The van der Waals surface area contributed by atoms with Gasteiger partial charge in [-0.15, -0.1) is 0 Å². The lowest BCUT2D eigenvalue weighted by Gasteiger charge is -2.25. The highest BCUT2D eigenvalue weighted by molar-refractivity contribution is 6.37. The van der Waals surface area contributed by atoms with E-state index in [1.807, 2.05) is 42.2 Å². The molecular formula is C24H20ClN3O2. The minimum absolute atomic E-state index is 0.188. The van der Waals surface area contributed by atoms with E-state index >= 15 is 0 Å². The maximum Gasteiger partial charge on any atom is 0.278 e. The number of pyridine rings is 1. The smallest absolute Gasteiger partial charge is 0.278 e. The first-order chi connectivity index (χ1) is 14.6. The van der Waals surface area contributed by atoms with Crippen molar-refractivity contribution in [1.29, 1.82) is 0 Å². The molecule has 3 aromatic rings. The molecule has 2 amide bonds. The van der Waals surface area contributed by atoms with Crippen LogP contribution < -0.4 is 4.90 Å². The maximum absolute atomic E-state index is 13.5. The summed E-state index contributed by atoms with van der Waals surface area (Å²) >= 11 is 6.05. The summed E-state index contributed by atoms with van der Waals surface area (Å²) in [4.78, 5) is 34.1. The molecule has 0 spiro atoms. The number of amides is 2. The number of carbonyl (C=O) groups is 2. The van der Waals surface area contributed by atoms with Gasteiger partial charge < -0.3 is 4.90 Å². The van der Waals surface area contributed by atoms with Crippen LogP contribution in [0.15, 0.2) is 84.8 Å². The number of imide groups is 1. The number of para-hydroxylation sites is 1. The van der Waals surface area contributed by atoms with Gasteiger partial charge in [-0.3, -0.25) is 19.5 Å². The molecule has 1 aliphatic rings. The van der Waals surface area contributed by atoms with E-state index in [4.69, 9.17) is 11.6 Å². The first-order valence-electron chi connectivity index (χ1n) is 9.68. The van der Waals surface area contributed by atoms with Gasteiger partial charge in [-0.05, 0) is 54.4 Å². The van der Waals surface area contributed by atoms with Crippen LogP contribution in [0.2, 0.25) is 5.02 Å². The molecule has 0 saturated carbocycles. The third-order valence-corrected chi connectivity index (χ3v) is 5.27. The highest BCUT2D eigenvalue weighted by Gasteiger charge is 2.41. The number of benzene rings is 2. The van der Waals surface area contributed by atoms with Crippen LogP contribution in [-0.2, 0) is 16.1 Å². The summed E-state index contributed by atoms with van der Waals surface area (Å²) in [7, 11) is 0. The molecule has 0 bridgehead atoms. The average Bonchev–Trinajstić information content (AvgIpc) is 3.01. The number of hydrogen-bond acceptors (Lipinski definition) is 4. The number of nitrogens with zero attached hydrogens (tertiary/aromatic N) is 3.